The summed E-state index contributed by atoms with van der Waals surface area (Å²) in [6, 6.07) is 9.37. The van der Waals surface area contributed by atoms with Crippen molar-refractivity contribution in [1.82, 2.24) is 20.0 Å². The molecule has 120 valence electrons. The number of hydrogen-bond donors (Lipinski definition) is 1. The molecule has 1 unspecified atom stereocenters. The molecular formula is C17H20N4O2. The SMILES string of the molecule is CNC(C(=O)N(C)Cc1cc2ccccc2o1)c1cnn(C)c1. The first-order chi connectivity index (χ1) is 11.1. The number of rotatable bonds is 5. The molecule has 3 rings (SSSR count). The minimum Gasteiger partial charge on any atom is -0.459 e. The lowest BCUT2D eigenvalue weighted by molar-refractivity contribution is -0.132. The van der Waals surface area contributed by atoms with Gasteiger partial charge in [0.25, 0.3) is 0 Å². The zero-order valence-electron chi connectivity index (χ0n) is 13.5. The lowest BCUT2D eigenvalue weighted by atomic mass is 10.1. The van der Waals surface area contributed by atoms with E-state index in [9.17, 15) is 4.79 Å². The molecule has 0 aliphatic rings. The van der Waals surface area contributed by atoms with Gasteiger partial charge in [-0.15, -0.1) is 0 Å². The van der Waals surface area contributed by atoms with Gasteiger partial charge in [0.1, 0.15) is 17.4 Å². The molecule has 6 heteroatoms. The van der Waals surface area contributed by atoms with Crippen molar-refractivity contribution in [2.75, 3.05) is 14.1 Å². The van der Waals surface area contributed by atoms with Crippen LogP contribution in [0.2, 0.25) is 0 Å². The first kappa shape index (κ1) is 15.3. The van der Waals surface area contributed by atoms with Crippen LogP contribution in [0.25, 0.3) is 11.0 Å². The third-order valence-corrected chi connectivity index (χ3v) is 3.84. The van der Waals surface area contributed by atoms with Gasteiger partial charge in [-0.05, 0) is 19.2 Å². The third kappa shape index (κ3) is 3.12. The van der Waals surface area contributed by atoms with Crippen molar-refractivity contribution in [1.29, 1.82) is 0 Å². The second kappa shape index (κ2) is 6.26. The maximum Gasteiger partial charge on any atom is 0.244 e. The van der Waals surface area contributed by atoms with E-state index in [0.717, 1.165) is 22.3 Å². The van der Waals surface area contributed by atoms with E-state index in [1.807, 2.05) is 43.6 Å². The summed E-state index contributed by atoms with van der Waals surface area (Å²) in [5.41, 5.74) is 1.68. The Kier molecular flexibility index (Phi) is 4.16. The fraction of sp³-hybridized carbons (Fsp3) is 0.294. The predicted octanol–water partition coefficient (Wildman–Crippen LogP) is 2.09. The van der Waals surface area contributed by atoms with E-state index < -0.39 is 6.04 Å². The molecule has 0 saturated carbocycles. The Balaban J connectivity index is 1.75. The molecule has 0 saturated heterocycles. The van der Waals surface area contributed by atoms with Crippen LogP contribution in [0.15, 0.2) is 47.1 Å². The number of benzene rings is 1. The number of para-hydroxylation sites is 1. The number of amides is 1. The molecule has 1 N–H and O–H groups in total. The van der Waals surface area contributed by atoms with E-state index in [4.69, 9.17) is 4.42 Å². The molecule has 3 aromatic rings. The highest BCUT2D eigenvalue weighted by Crippen LogP contribution is 2.21. The van der Waals surface area contributed by atoms with E-state index in [1.165, 1.54) is 0 Å². The number of aryl methyl sites for hydroxylation is 1. The van der Waals surface area contributed by atoms with E-state index in [1.54, 1.807) is 29.9 Å². The Hall–Kier alpha value is -2.60. The van der Waals surface area contributed by atoms with Crippen LogP contribution < -0.4 is 5.32 Å². The molecule has 2 aromatic heterocycles. The zero-order valence-corrected chi connectivity index (χ0v) is 13.5. The van der Waals surface area contributed by atoms with E-state index in [-0.39, 0.29) is 5.91 Å². The average molecular weight is 312 g/mol. The van der Waals surface area contributed by atoms with Crippen LogP contribution in [-0.2, 0) is 18.4 Å². The summed E-state index contributed by atoms with van der Waals surface area (Å²) < 4.78 is 7.47. The van der Waals surface area contributed by atoms with E-state index in [2.05, 4.69) is 10.4 Å². The number of likely N-dealkylation sites (N-methyl/N-ethyl adjacent to an activating group) is 2. The van der Waals surface area contributed by atoms with Crippen molar-refractivity contribution in [3.05, 3.63) is 54.0 Å². The summed E-state index contributed by atoms with van der Waals surface area (Å²) in [5, 5.41) is 8.22. The van der Waals surface area contributed by atoms with Gasteiger partial charge in [0, 0.05) is 31.2 Å². The minimum absolute atomic E-state index is 0.0269. The topological polar surface area (TPSA) is 63.3 Å². The number of nitrogens with zero attached hydrogens (tertiary/aromatic N) is 3. The van der Waals surface area contributed by atoms with Crippen LogP contribution in [-0.4, -0.2) is 34.7 Å². The molecule has 0 aliphatic carbocycles. The molecule has 0 aliphatic heterocycles. The molecule has 0 fully saturated rings. The fourth-order valence-electron chi connectivity index (χ4n) is 2.67. The number of hydrogen-bond acceptors (Lipinski definition) is 4. The molecule has 0 radical (unpaired) electrons. The lowest BCUT2D eigenvalue weighted by Crippen LogP contribution is -2.36. The predicted molar refractivity (Wildman–Crippen MR) is 87.7 cm³/mol. The normalized spacial score (nSPS) is 12.5. The molecule has 23 heavy (non-hydrogen) atoms. The molecule has 0 spiro atoms. The van der Waals surface area contributed by atoms with Gasteiger partial charge in [0.2, 0.25) is 5.91 Å². The Morgan fingerprint density at radius 2 is 2.22 bits per heavy atom. The lowest BCUT2D eigenvalue weighted by Gasteiger charge is -2.22. The maximum atomic E-state index is 12.7. The summed E-state index contributed by atoms with van der Waals surface area (Å²) in [4.78, 5) is 14.3. The van der Waals surface area contributed by atoms with Gasteiger partial charge in [-0.2, -0.15) is 5.10 Å². The number of aromatic nitrogens is 2. The van der Waals surface area contributed by atoms with Gasteiger partial charge >= 0.3 is 0 Å². The number of fused-ring (bicyclic) bond motifs is 1. The highest BCUT2D eigenvalue weighted by atomic mass is 16.3. The molecule has 1 amide bonds. The average Bonchev–Trinajstić information content (AvgIpc) is 3.13. The Labute approximate surface area is 134 Å². The first-order valence-electron chi connectivity index (χ1n) is 7.46. The van der Waals surface area contributed by atoms with E-state index >= 15 is 0 Å². The summed E-state index contributed by atoms with van der Waals surface area (Å²) in [5.74, 6) is 0.740. The van der Waals surface area contributed by atoms with E-state index in [0.29, 0.717) is 6.54 Å². The van der Waals surface area contributed by atoms with Gasteiger partial charge in [-0.25, -0.2) is 0 Å². The smallest absolute Gasteiger partial charge is 0.244 e. The highest BCUT2D eigenvalue weighted by molar-refractivity contribution is 5.83. The number of nitrogens with one attached hydrogen (secondary N) is 1. The molecule has 1 atom stereocenters. The third-order valence-electron chi connectivity index (χ3n) is 3.84. The van der Waals surface area contributed by atoms with Crippen molar-refractivity contribution < 1.29 is 9.21 Å². The second-order valence-corrected chi connectivity index (χ2v) is 5.61. The van der Waals surface area contributed by atoms with Crippen LogP contribution in [0.3, 0.4) is 0 Å². The summed E-state index contributed by atoms with van der Waals surface area (Å²) in [6.45, 7) is 0.423. The zero-order chi connectivity index (χ0) is 16.4. The van der Waals surface area contributed by atoms with Crippen molar-refractivity contribution in [3.63, 3.8) is 0 Å². The quantitative estimate of drug-likeness (QED) is 0.783. The molecule has 0 bridgehead atoms. The number of carbonyl (C=O) groups excluding carboxylic acids is 1. The van der Waals surface area contributed by atoms with Crippen LogP contribution in [0.1, 0.15) is 17.4 Å². The molecule has 6 nitrogen and oxygen atoms in total. The monoisotopic (exact) mass is 312 g/mol. The first-order valence-corrected chi connectivity index (χ1v) is 7.46. The maximum absolute atomic E-state index is 12.7. The largest absolute Gasteiger partial charge is 0.459 e. The summed E-state index contributed by atoms with van der Waals surface area (Å²) in [6.07, 6.45) is 3.54. The van der Waals surface area contributed by atoms with Crippen LogP contribution in [0, 0.1) is 0 Å². The van der Waals surface area contributed by atoms with Gasteiger partial charge < -0.3 is 14.6 Å². The van der Waals surface area contributed by atoms with Crippen molar-refractivity contribution in [2.24, 2.45) is 7.05 Å². The number of furan rings is 1. The van der Waals surface area contributed by atoms with Crippen LogP contribution in [0.4, 0.5) is 0 Å². The Morgan fingerprint density at radius 1 is 1.43 bits per heavy atom. The Bertz CT molecular complexity index is 788. The highest BCUT2D eigenvalue weighted by Gasteiger charge is 2.24. The number of carbonyl (C=O) groups is 1. The van der Waals surface area contributed by atoms with Crippen molar-refractivity contribution in [2.45, 2.75) is 12.6 Å². The standard InChI is InChI=1S/C17H20N4O2/c1-18-16(13-9-19-21(3)10-13)17(22)20(2)11-14-8-12-6-4-5-7-15(12)23-14/h4-10,16,18H,11H2,1-3H3. The second-order valence-electron chi connectivity index (χ2n) is 5.61. The van der Waals surface area contributed by atoms with Gasteiger partial charge in [0.05, 0.1) is 12.7 Å². The van der Waals surface area contributed by atoms with Gasteiger partial charge in [-0.1, -0.05) is 18.2 Å². The van der Waals surface area contributed by atoms with Crippen LogP contribution >= 0.6 is 0 Å². The van der Waals surface area contributed by atoms with Gasteiger partial charge in [-0.3, -0.25) is 9.48 Å². The molecule has 1 aromatic carbocycles. The van der Waals surface area contributed by atoms with Gasteiger partial charge in [0.15, 0.2) is 0 Å². The van der Waals surface area contributed by atoms with Crippen LogP contribution in [0.5, 0.6) is 0 Å². The van der Waals surface area contributed by atoms with Crippen molar-refractivity contribution >= 4 is 16.9 Å². The minimum atomic E-state index is -0.418. The summed E-state index contributed by atoms with van der Waals surface area (Å²) in [7, 11) is 5.37. The molecular weight excluding hydrogens is 292 g/mol. The summed E-state index contributed by atoms with van der Waals surface area (Å²) >= 11 is 0. The fourth-order valence-corrected chi connectivity index (χ4v) is 2.67. The molecule has 2 heterocycles. The van der Waals surface area contributed by atoms with Crippen molar-refractivity contribution in [3.8, 4) is 0 Å². The Morgan fingerprint density at radius 3 is 2.87 bits per heavy atom.